The van der Waals surface area contributed by atoms with Gasteiger partial charge in [-0.3, -0.25) is 4.98 Å². The molecule has 0 spiro atoms. The molecule has 0 aliphatic rings. The highest BCUT2D eigenvalue weighted by Crippen LogP contribution is 2.13. The van der Waals surface area contributed by atoms with Gasteiger partial charge in [0.15, 0.2) is 6.10 Å². The van der Waals surface area contributed by atoms with Crippen molar-refractivity contribution in [2.75, 3.05) is 0 Å². The first-order valence-corrected chi connectivity index (χ1v) is 4.61. The monoisotopic (exact) mass is 189 g/mol. The summed E-state index contributed by atoms with van der Waals surface area (Å²) >= 11 is 0. The second-order valence-electron chi connectivity index (χ2n) is 4.18. The minimum absolute atomic E-state index is 0.0875. The summed E-state index contributed by atoms with van der Waals surface area (Å²) in [6.45, 7) is 6.02. The number of aliphatic hydroxyl groups is 1. The molecule has 0 saturated carbocycles. The number of aliphatic hydroxyl groups excluding tert-OH is 1. The van der Waals surface area contributed by atoms with Gasteiger partial charge in [-0.25, -0.2) is 0 Å². The molecule has 74 valence electrons. The molecule has 0 radical (unpaired) electrons. The molecule has 1 atom stereocenters. The van der Waals surface area contributed by atoms with Gasteiger partial charge in [0.05, 0.1) is 5.69 Å². The van der Waals surface area contributed by atoms with Crippen LogP contribution in [-0.4, -0.2) is 10.1 Å². The van der Waals surface area contributed by atoms with Crippen LogP contribution in [-0.2, 0) is 0 Å². The van der Waals surface area contributed by atoms with Crippen molar-refractivity contribution in [1.82, 2.24) is 4.98 Å². The molecule has 2 nitrogen and oxygen atoms in total. The van der Waals surface area contributed by atoms with Crippen molar-refractivity contribution < 1.29 is 5.11 Å². The van der Waals surface area contributed by atoms with E-state index in [2.05, 4.69) is 16.8 Å². The van der Waals surface area contributed by atoms with Crippen LogP contribution in [0.15, 0.2) is 24.4 Å². The number of rotatable bonds is 1. The SMILES string of the molecule is CC(C)(C)C#CC(O)c1ccccn1. The summed E-state index contributed by atoms with van der Waals surface area (Å²) < 4.78 is 0. The fraction of sp³-hybridized carbons (Fsp3) is 0.417. The second kappa shape index (κ2) is 4.26. The van der Waals surface area contributed by atoms with E-state index in [1.807, 2.05) is 32.9 Å². The molecule has 1 heterocycles. The van der Waals surface area contributed by atoms with Crippen LogP contribution in [0.3, 0.4) is 0 Å². The maximum Gasteiger partial charge on any atom is 0.156 e. The maximum absolute atomic E-state index is 9.65. The molecule has 0 amide bonds. The summed E-state index contributed by atoms with van der Waals surface area (Å²) in [5.74, 6) is 5.76. The van der Waals surface area contributed by atoms with Gasteiger partial charge >= 0.3 is 0 Å². The number of pyridine rings is 1. The fourth-order valence-corrected chi connectivity index (χ4v) is 0.897. The van der Waals surface area contributed by atoms with Gasteiger partial charge in [-0.1, -0.05) is 17.9 Å². The van der Waals surface area contributed by atoms with E-state index in [1.54, 1.807) is 12.3 Å². The van der Waals surface area contributed by atoms with Gasteiger partial charge in [0.25, 0.3) is 0 Å². The smallest absolute Gasteiger partial charge is 0.156 e. The lowest BCUT2D eigenvalue weighted by molar-refractivity contribution is 0.233. The Labute approximate surface area is 85.0 Å². The molecule has 1 rings (SSSR count). The van der Waals surface area contributed by atoms with Gasteiger partial charge in [0, 0.05) is 11.6 Å². The van der Waals surface area contributed by atoms with Gasteiger partial charge < -0.3 is 5.11 Å². The summed E-state index contributed by atoms with van der Waals surface area (Å²) in [7, 11) is 0. The molecular formula is C12H15NO. The highest BCUT2D eigenvalue weighted by Gasteiger charge is 2.07. The Morgan fingerprint density at radius 2 is 2.07 bits per heavy atom. The molecule has 0 aliphatic carbocycles. The number of nitrogens with zero attached hydrogens (tertiary/aromatic N) is 1. The zero-order valence-corrected chi connectivity index (χ0v) is 8.78. The van der Waals surface area contributed by atoms with Crippen molar-refractivity contribution >= 4 is 0 Å². The molecule has 0 aromatic carbocycles. The lowest BCUT2D eigenvalue weighted by Gasteiger charge is -2.08. The van der Waals surface area contributed by atoms with Crippen LogP contribution >= 0.6 is 0 Å². The highest BCUT2D eigenvalue weighted by atomic mass is 16.3. The fourth-order valence-electron chi connectivity index (χ4n) is 0.897. The van der Waals surface area contributed by atoms with Gasteiger partial charge in [0.1, 0.15) is 0 Å². The van der Waals surface area contributed by atoms with Crippen LogP contribution < -0.4 is 0 Å². The Bertz CT molecular complexity index is 340. The first-order valence-electron chi connectivity index (χ1n) is 4.61. The molecule has 0 aliphatic heterocycles. The van der Waals surface area contributed by atoms with Crippen molar-refractivity contribution in [2.24, 2.45) is 5.41 Å². The van der Waals surface area contributed by atoms with Crippen molar-refractivity contribution in [2.45, 2.75) is 26.9 Å². The average molecular weight is 189 g/mol. The summed E-state index contributed by atoms with van der Waals surface area (Å²) in [5, 5.41) is 9.65. The third-order valence-corrected chi connectivity index (χ3v) is 1.55. The van der Waals surface area contributed by atoms with Crippen LogP contribution in [0.2, 0.25) is 0 Å². The number of hydrogen-bond acceptors (Lipinski definition) is 2. The molecule has 1 aromatic heterocycles. The Kier molecular flexibility index (Phi) is 3.27. The minimum Gasteiger partial charge on any atom is -0.374 e. The molecule has 1 unspecified atom stereocenters. The first-order chi connectivity index (χ1) is 6.49. The summed E-state index contributed by atoms with van der Waals surface area (Å²) in [5.41, 5.74) is 0.514. The molecule has 0 bridgehead atoms. The zero-order chi connectivity index (χ0) is 10.6. The molecule has 1 aromatic rings. The Morgan fingerprint density at radius 1 is 1.36 bits per heavy atom. The lowest BCUT2D eigenvalue weighted by atomic mass is 9.97. The van der Waals surface area contributed by atoms with Crippen LogP contribution in [0.4, 0.5) is 0 Å². The van der Waals surface area contributed by atoms with Crippen molar-refractivity contribution in [3.8, 4) is 11.8 Å². The first kappa shape index (κ1) is 10.7. The third kappa shape index (κ3) is 3.59. The van der Waals surface area contributed by atoms with Gasteiger partial charge in [0.2, 0.25) is 0 Å². The van der Waals surface area contributed by atoms with Crippen LogP contribution in [0.1, 0.15) is 32.6 Å². The third-order valence-electron chi connectivity index (χ3n) is 1.55. The minimum atomic E-state index is -0.782. The molecule has 0 fully saturated rings. The number of aromatic nitrogens is 1. The molecule has 14 heavy (non-hydrogen) atoms. The van der Waals surface area contributed by atoms with E-state index in [-0.39, 0.29) is 5.41 Å². The maximum atomic E-state index is 9.65. The van der Waals surface area contributed by atoms with E-state index in [1.165, 1.54) is 0 Å². The van der Waals surface area contributed by atoms with Gasteiger partial charge in [-0.05, 0) is 32.9 Å². The van der Waals surface area contributed by atoms with Gasteiger partial charge in [-0.2, -0.15) is 0 Å². The quantitative estimate of drug-likeness (QED) is 0.687. The molecular weight excluding hydrogens is 174 g/mol. The zero-order valence-electron chi connectivity index (χ0n) is 8.78. The Morgan fingerprint density at radius 3 is 2.57 bits per heavy atom. The summed E-state index contributed by atoms with van der Waals surface area (Å²) in [6.07, 6.45) is 0.868. The molecule has 0 saturated heterocycles. The molecule has 1 N–H and O–H groups in total. The Hall–Kier alpha value is -1.33. The van der Waals surface area contributed by atoms with Crippen molar-refractivity contribution in [1.29, 1.82) is 0 Å². The lowest BCUT2D eigenvalue weighted by Crippen LogP contribution is -2.02. The van der Waals surface area contributed by atoms with E-state index >= 15 is 0 Å². The van der Waals surface area contributed by atoms with E-state index in [4.69, 9.17) is 0 Å². The highest BCUT2D eigenvalue weighted by molar-refractivity contribution is 5.19. The van der Waals surface area contributed by atoms with E-state index in [9.17, 15) is 5.11 Å². The molecule has 2 heteroatoms. The standard InChI is InChI=1S/C12H15NO/c1-12(2,3)8-7-11(14)10-6-4-5-9-13-10/h4-6,9,11,14H,1-3H3. The normalized spacial score (nSPS) is 12.9. The predicted molar refractivity (Wildman–Crippen MR) is 56.4 cm³/mol. The van der Waals surface area contributed by atoms with Crippen molar-refractivity contribution in [3.63, 3.8) is 0 Å². The van der Waals surface area contributed by atoms with Crippen molar-refractivity contribution in [3.05, 3.63) is 30.1 Å². The number of hydrogen-bond donors (Lipinski definition) is 1. The second-order valence-corrected chi connectivity index (χ2v) is 4.18. The topological polar surface area (TPSA) is 33.1 Å². The van der Waals surface area contributed by atoms with Gasteiger partial charge in [-0.15, -0.1) is 0 Å². The van der Waals surface area contributed by atoms with Crippen LogP contribution in [0, 0.1) is 17.3 Å². The summed E-state index contributed by atoms with van der Waals surface area (Å²) in [6, 6.07) is 5.42. The van der Waals surface area contributed by atoms with Crippen LogP contribution in [0.5, 0.6) is 0 Å². The average Bonchev–Trinajstić information content (AvgIpc) is 2.14. The largest absolute Gasteiger partial charge is 0.374 e. The van der Waals surface area contributed by atoms with Crippen LogP contribution in [0.25, 0.3) is 0 Å². The van der Waals surface area contributed by atoms with E-state index in [0.717, 1.165) is 0 Å². The Balaban J connectivity index is 2.76. The van der Waals surface area contributed by atoms with E-state index in [0.29, 0.717) is 5.69 Å². The summed E-state index contributed by atoms with van der Waals surface area (Å²) in [4.78, 5) is 4.03. The van der Waals surface area contributed by atoms with E-state index < -0.39 is 6.10 Å². The predicted octanol–water partition coefficient (Wildman–Crippen LogP) is 2.16.